The molecule has 5 N–H and O–H groups in total. The number of aromatic amines is 5. The van der Waals surface area contributed by atoms with Crippen molar-refractivity contribution >= 4 is 170 Å². The molecule has 5 aliphatic rings. The zero-order valence-corrected chi connectivity index (χ0v) is 82.6. The van der Waals surface area contributed by atoms with Gasteiger partial charge in [-0.05, 0) is 241 Å². The first-order valence-corrected chi connectivity index (χ1v) is 49.0. The third-order valence-corrected chi connectivity index (χ3v) is 27.5. The molecule has 5 atom stereocenters. The van der Waals surface area contributed by atoms with Gasteiger partial charge in [0.25, 0.3) is 0 Å². The summed E-state index contributed by atoms with van der Waals surface area (Å²) < 4.78 is 42.8. The van der Waals surface area contributed by atoms with Gasteiger partial charge in [0.2, 0.25) is 5.91 Å². The maximum Gasteiger partial charge on any atom is 0.410 e. The Hall–Kier alpha value is -12.4. The second-order valence-electron chi connectivity index (χ2n) is 34.8. The zero-order chi connectivity index (χ0) is 96.0. The lowest BCUT2D eigenvalue weighted by atomic mass is 9.91. The molecule has 16 aromatic rings. The molecule has 5 aliphatic heterocycles. The van der Waals surface area contributed by atoms with Crippen molar-refractivity contribution in [3.63, 3.8) is 0 Å². The number of halogens is 8. The molecule has 0 saturated carbocycles. The van der Waals surface area contributed by atoms with E-state index in [0.29, 0.717) is 77.4 Å². The molecule has 11 aromatic carbocycles. The minimum absolute atomic E-state index is 0.0522. The Morgan fingerprint density at radius 1 is 0.409 bits per heavy atom. The first-order chi connectivity index (χ1) is 66.3. The highest BCUT2D eigenvalue weighted by Gasteiger charge is 2.42. The lowest BCUT2D eigenvalue weighted by Gasteiger charge is -2.35. The lowest BCUT2D eigenvalue weighted by Crippen LogP contribution is -2.41. The van der Waals surface area contributed by atoms with E-state index in [1.54, 1.807) is 45.9 Å². The van der Waals surface area contributed by atoms with E-state index < -0.39 is 12.1 Å². The number of amides is 5. The number of hydrogen-bond acceptors (Lipinski definition) is 10. The minimum Gasteiger partial charge on any atom is -0.489 e. The van der Waals surface area contributed by atoms with E-state index in [4.69, 9.17) is 93.3 Å². The van der Waals surface area contributed by atoms with Gasteiger partial charge in [-0.2, -0.15) is 0 Å². The predicted molar refractivity (Wildman–Crippen MR) is 546 cm³/mol. The van der Waals surface area contributed by atoms with E-state index in [2.05, 4.69) is 97.2 Å². The number of hydrogen-bond donors (Lipinski definition) is 5. The van der Waals surface area contributed by atoms with Gasteiger partial charge in [-0.1, -0.05) is 215 Å². The summed E-state index contributed by atoms with van der Waals surface area (Å²) in [4.78, 5) is 89.2. The van der Waals surface area contributed by atoms with E-state index in [1.807, 2.05) is 206 Å². The number of H-pyrrole nitrogens is 5. The average Bonchev–Trinajstić information content (AvgIpc) is 1.63. The number of aromatic nitrogens is 5. The van der Waals surface area contributed by atoms with Crippen LogP contribution in [-0.4, -0.2) is 145 Å². The Labute approximate surface area is 832 Å². The van der Waals surface area contributed by atoms with E-state index in [-0.39, 0.29) is 72.8 Å². The van der Waals surface area contributed by atoms with Crippen LogP contribution in [-0.2, 0) is 62.5 Å². The van der Waals surface area contributed by atoms with Gasteiger partial charge in [0.15, 0.2) is 0 Å². The van der Waals surface area contributed by atoms with Gasteiger partial charge < -0.3 is 53.5 Å². The fraction of sp³-hybridized carbons (Fsp3) is 0.257. The topological polar surface area (TPSA) is 227 Å². The quantitative estimate of drug-likeness (QED) is 0.0542. The minimum atomic E-state index is -0.607. The fourth-order valence-electron chi connectivity index (χ4n) is 19.5. The highest BCUT2D eigenvalue weighted by molar-refractivity contribution is 9.10. The van der Waals surface area contributed by atoms with Crippen LogP contribution >= 0.6 is 85.5 Å². The van der Waals surface area contributed by atoms with Crippen LogP contribution in [0, 0.1) is 5.82 Å². The zero-order valence-electron chi connectivity index (χ0n) is 76.5. The molecule has 0 aliphatic carbocycles. The van der Waals surface area contributed by atoms with Crippen LogP contribution in [0.4, 0.5) is 23.6 Å². The van der Waals surface area contributed by atoms with Crippen molar-refractivity contribution < 1.29 is 52.0 Å². The van der Waals surface area contributed by atoms with Crippen molar-refractivity contribution in [1.82, 2.24) is 49.4 Å². The summed E-state index contributed by atoms with van der Waals surface area (Å²) in [5.74, 6) is 1.24. The van der Waals surface area contributed by atoms with E-state index in [0.717, 1.165) is 158 Å². The summed E-state index contributed by atoms with van der Waals surface area (Å²) in [6.45, 7) is 15.5. The van der Waals surface area contributed by atoms with Crippen molar-refractivity contribution in [3.05, 3.63) is 379 Å². The lowest BCUT2D eigenvalue weighted by molar-refractivity contribution is -0.130. The van der Waals surface area contributed by atoms with Gasteiger partial charge in [0, 0.05) is 158 Å². The smallest absolute Gasteiger partial charge is 0.410 e. The summed E-state index contributed by atoms with van der Waals surface area (Å²) in [5, 5.41) is 8.96. The standard InChI is InChI=1S/C27H25ClN2O3.C22H23BrN2O.C21H21ClN2O2.C20H17Cl2FN2O2.C19H16Cl2N2O2/c1-2-32-27(31)30-15-14-22-23-16-20(28)10-13-24(23)29-25(22)26(30)19-8-11-21(12-9-19)33-17-18-6-4-3-5-7-18;1-13(2)15-4-6-16(7-5-15)22-21-18(10-11-25(22)14(3)26)19-12-17(23)8-9-20(19)24-21;1-13(2)26-21(25)24-11-10-16-17-12-15(22)8-9-18(17)23-19(16)20(24)14-6-4-3-5-7-14;21-8-10-27-20(26)25-9-7-13-15-11-12(22)5-6-17(15)24-18(13)19(25)14-3-1-2-4-16(14)23;1-25-19(24)23-8-7-14-15-10-13(21)5-6-16(15)22-17(14)18(23)11-3-2-4-12(20)9-11/h3-13,16,26,29H,2,14-15,17H2,1H3;4-9,12-13,22,24H,10-11H2,1-3H3;3-9,12-13,20,23H,10-11H2,1-2H3;1-6,11,19,24H,7-10H2;2-6,9-10,18,22H,7-8H2,1H3. The van der Waals surface area contributed by atoms with Crippen molar-refractivity contribution in [2.75, 3.05) is 58.9 Å². The Bertz CT molecular complexity index is 7030. The Morgan fingerprint density at radius 2 is 0.788 bits per heavy atom. The molecular formula is C109H102BrCl6FN10O10. The Balaban J connectivity index is 0.000000119. The molecule has 10 heterocycles. The second-order valence-corrected chi connectivity index (χ2v) is 38.3. The summed E-state index contributed by atoms with van der Waals surface area (Å²) in [5.41, 5.74) is 23.1. The molecule has 0 radical (unpaired) electrons. The fourth-order valence-corrected chi connectivity index (χ4v) is 20.8. The first-order valence-electron chi connectivity index (χ1n) is 45.7. The number of nitrogens with one attached hydrogen (secondary N) is 5. The van der Waals surface area contributed by atoms with Crippen molar-refractivity contribution in [3.8, 4) is 5.75 Å². The largest absolute Gasteiger partial charge is 0.489 e. The van der Waals surface area contributed by atoms with Gasteiger partial charge in [-0.3, -0.25) is 24.4 Å². The SMILES string of the molecule is CC(=O)N1CCc2c([nH]c3ccc(Br)cc23)C1c1ccc(C(C)C)cc1.CC(C)OC(=O)N1CCc2c([nH]c3ccc(Cl)cc23)C1c1ccccc1.CCOC(=O)N1CCc2c([nH]c3ccc(Cl)cc23)C1c1ccc(OCc2ccccc2)cc1.COC(=O)N1CCc2c([nH]c3ccc(Cl)cc23)C1c1cccc(Cl)c1.O=C(OCCCl)N1CCc2c([nH]c3ccc(Cl)cc23)C1c1ccccc1F. The van der Waals surface area contributed by atoms with Crippen LogP contribution in [0.1, 0.15) is 173 Å². The monoisotopic (exact) mass is 2020 g/mol. The van der Waals surface area contributed by atoms with Crippen LogP contribution in [0.2, 0.25) is 25.1 Å². The van der Waals surface area contributed by atoms with Crippen LogP contribution in [0.3, 0.4) is 0 Å². The maximum atomic E-state index is 14.6. The molecule has 0 bridgehead atoms. The number of nitrogens with zero attached hydrogens (tertiary/aromatic N) is 5. The van der Waals surface area contributed by atoms with Crippen molar-refractivity contribution in [1.29, 1.82) is 0 Å². The van der Waals surface area contributed by atoms with Crippen LogP contribution in [0.5, 0.6) is 5.75 Å². The first kappa shape index (κ1) is 96.3. The normalized spacial score (nSPS) is 16.4. The second kappa shape index (κ2) is 42.7. The summed E-state index contributed by atoms with van der Waals surface area (Å²) >= 11 is 40.2. The molecule has 137 heavy (non-hydrogen) atoms. The number of carbonyl (C=O) groups is 5. The van der Waals surface area contributed by atoms with Gasteiger partial charge in [-0.25, -0.2) is 23.6 Å². The number of benzene rings is 11. The summed E-state index contributed by atoms with van der Waals surface area (Å²) in [6.07, 6.45) is 2.14. The van der Waals surface area contributed by atoms with Crippen LogP contribution in [0.25, 0.3) is 54.5 Å². The highest BCUT2D eigenvalue weighted by Crippen LogP contribution is 2.47. The Kier molecular flexibility index (Phi) is 30.0. The molecule has 5 aromatic heterocycles. The summed E-state index contributed by atoms with van der Waals surface area (Å²) in [6, 6.07) is 78.9. The number of alkyl halides is 1. The van der Waals surface area contributed by atoms with Crippen LogP contribution in [0.15, 0.2) is 253 Å². The number of carbonyl (C=O) groups excluding carboxylic acids is 5. The molecule has 5 amide bonds. The van der Waals surface area contributed by atoms with E-state index in [1.165, 1.54) is 46.4 Å². The van der Waals surface area contributed by atoms with E-state index in [9.17, 15) is 28.4 Å². The van der Waals surface area contributed by atoms with Gasteiger partial charge in [-0.15, -0.1) is 11.6 Å². The molecular weight excluding hydrogens is 1920 g/mol. The van der Waals surface area contributed by atoms with Gasteiger partial charge in [0.05, 0.1) is 31.7 Å². The summed E-state index contributed by atoms with van der Waals surface area (Å²) in [7, 11) is 1.40. The van der Waals surface area contributed by atoms with Gasteiger partial charge in [0.1, 0.15) is 48.9 Å². The van der Waals surface area contributed by atoms with Crippen molar-refractivity contribution in [2.24, 2.45) is 0 Å². The molecule has 21 rings (SSSR count). The number of fused-ring (bicyclic) bond motifs is 15. The van der Waals surface area contributed by atoms with Crippen molar-refractivity contribution in [2.45, 2.75) is 122 Å². The molecule has 0 spiro atoms. The highest BCUT2D eigenvalue weighted by atomic mass is 79.9. The number of ether oxygens (including phenoxy) is 5. The molecule has 704 valence electrons. The predicted octanol–water partition coefficient (Wildman–Crippen LogP) is 27.8. The average molecular weight is 2020 g/mol. The van der Waals surface area contributed by atoms with E-state index >= 15 is 0 Å². The number of rotatable bonds is 13. The molecule has 28 heteroatoms. The molecule has 0 saturated heterocycles. The third kappa shape index (κ3) is 20.8. The molecule has 0 fully saturated rings. The third-order valence-electron chi connectivity index (χ3n) is 25.7. The Morgan fingerprint density at radius 3 is 1.23 bits per heavy atom. The van der Waals surface area contributed by atoms with Crippen LogP contribution < -0.4 is 4.74 Å². The maximum absolute atomic E-state index is 14.6. The molecule has 5 unspecified atom stereocenters. The molecule has 20 nitrogen and oxygen atoms in total. The number of methoxy groups -OCH3 is 1. The van der Waals surface area contributed by atoms with Gasteiger partial charge >= 0.3 is 24.4 Å².